The van der Waals surface area contributed by atoms with Crippen molar-refractivity contribution in [1.82, 2.24) is 0 Å². The van der Waals surface area contributed by atoms with Crippen LogP contribution in [-0.2, 0) is 0 Å². The minimum atomic E-state index is -0.661. The molecule has 0 aliphatic heterocycles. The molecule has 0 aliphatic carbocycles. The van der Waals surface area contributed by atoms with E-state index < -0.39 is 4.92 Å². The van der Waals surface area contributed by atoms with Crippen molar-refractivity contribution in [3.8, 4) is 5.75 Å². The Morgan fingerprint density at radius 2 is 2.21 bits per heavy atom. The lowest BCUT2D eigenvalue weighted by molar-refractivity contribution is -0.385. The van der Waals surface area contributed by atoms with Crippen LogP contribution in [0.25, 0.3) is 6.08 Å². The van der Waals surface area contributed by atoms with E-state index in [-0.39, 0.29) is 18.0 Å². The van der Waals surface area contributed by atoms with Gasteiger partial charge < -0.3 is 10.2 Å². The Morgan fingerprint density at radius 1 is 1.50 bits per heavy atom. The van der Waals surface area contributed by atoms with Gasteiger partial charge in [0, 0.05) is 6.07 Å². The third-order valence-corrected chi connectivity index (χ3v) is 1.61. The average molecular weight is 195 g/mol. The van der Waals surface area contributed by atoms with Crippen molar-refractivity contribution in [2.45, 2.75) is 0 Å². The van der Waals surface area contributed by atoms with Gasteiger partial charge in [-0.3, -0.25) is 10.1 Å². The largest absolute Gasteiger partial charge is 0.502 e. The van der Waals surface area contributed by atoms with Gasteiger partial charge in [0.15, 0.2) is 5.75 Å². The minimum Gasteiger partial charge on any atom is -0.502 e. The van der Waals surface area contributed by atoms with Gasteiger partial charge in [0.25, 0.3) is 0 Å². The first kappa shape index (κ1) is 10.2. The summed E-state index contributed by atoms with van der Waals surface area (Å²) in [7, 11) is 0. The van der Waals surface area contributed by atoms with Crippen LogP contribution < -0.4 is 0 Å². The second-order valence-corrected chi connectivity index (χ2v) is 2.59. The van der Waals surface area contributed by atoms with E-state index in [0.29, 0.717) is 5.56 Å². The van der Waals surface area contributed by atoms with Crippen molar-refractivity contribution in [2.75, 3.05) is 6.61 Å². The van der Waals surface area contributed by atoms with Gasteiger partial charge in [-0.25, -0.2) is 0 Å². The summed E-state index contributed by atoms with van der Waals surface area (Å²) in [6, 6.07) is 4.01. The Kier molecular flexibility index (Phi) is 3.19. The van der Waals surface area contributed by atoms with Crippen molar-refractivity contribution < 1.29 is 15.1 Å². The number of aromatic hydroxyl groups is 1. The minimum absolute atomic E-state index is 0.130. The molecule has 1 aromatic carbocycles. The zero-order valence-electron chi connectivity index (χ0n) is 7.25. The number of nitro groups is 1. The predicted octanol–water partition coefficient (Wildman–Crippen LogP) is 1.31. The Morgan fingerprint density at radius 3 is 2.79 bits per heavy atom. The molecule has 0 aliphatic rings. The second kappa shape index (κ2) is 4.38. The van der Waals surface area contributed by atoms with Crippen molar-refractivity contribution in [2.24, 2.45) is 0 Å². The fourth-order valence-electron chi connectivity index (χ4n) is 0.979. The van der Waals surface area contributed by atoms with Crippen LogP contribution in [0, 0.1) is 10.1 Å². The van der Waals surface area contributed by atoms with Gasteiger partial charge >= 0.3 is 5.69 Å². The first-order valence-electron chi connectivity index (χ1n) is 3.90. The first-order valence-corrected chi connectivity index (χ1v) is 3.90. The number of nitro benzene ring substituents is 1. The molecule has 1 rings (SSSR count). The molecule has 0 spiro atoms. The highest BCUT2D eigenvalue weighted by atomic mass is 16.6. The number of aliphatic hydroxyl groups is 1. The van der Waals surface area contributed by atoms with Crippen molar-refractivity contribution in [3.63, 3.8) is 0 Å². The molecule has 0 saturated heterocycles. The van der Waals surface area contributed by atoms with Gasteiger partial charge in [-0.2, -0.15) is 0 Å². The maximum Gasteiger partial charge on any atom is 0.311 e. The van der Waals surface area contributed by atoms with Crippen LogP contribution in [0.2, 0.25) is 0 Å². The Labute approximate surface area is 80.1 Å². The number of hydrogen-bond acceptors (Lipinski definition) is 4. The zero-order valence-corrected chi connectivity index (χ0v) is 7.25. The molecule has 0 fully saturated rings. The smallest absolute Gasteiger partial charge is 0.311 e. The summed E-state index contributed by atoms with van der Waals surface area (Å²) in [5, 5.41) is 28.0. The molecule has 5 heteroatoms. The summed E-state index contributed by atoms with van der Waals surface area (Å²) in [5.74, 6) is -0.365. The molecule has 0 bridgehead atoms. The van der Waals surface area contributed by atoms with Gasteiger partial charge in [-0.05, 0) is 11.6 Å². The van der Waals surface area contributed by atoms with E-state index >= 15 is 0 Å². The molecule has 5 nitrogen and oxygen atoms in total. The van der Waals surface area contributed by atoms with E-state index in [0.717, 1.165) is 0 Å². The van der Waals surface area contributed by atoms with E-state index in [1.165, 1.54) is 30.4 Å². The Hall–Kier alpha value is -1.88. The van der Waals surface area contributed by atoms with E-state index in [1.807, 2.05) is 0 Å². The van der Waals surface area contributed by atoms with Crippen molar-refractivity contribution in [3.05, 3.63) is 40.0 Å². The lowest BCUT2D eigenvalue weighted by Gasteiger charge is -1.97. The molecule has 0 unspecified atom stereocenters. The van der Waals surface area contributed by atoms with Crippen LogP contribution >= 0.6 is 0 Å². The molecule has 2 N–H and O–H groups in total. The number of rotatable bonds is 3. The third kappa shape index (κ3) is 2.30. The Balaban J connectivity index is 3.06. The summed E-state index contributed by atoms with van der Waals surface area (Å²) in [5.41, 5.74) is 0.216. The van der Waals surface area contributed by atoms with Gasteiger partial charge in [0.2, 0.25) is 0 Å². The predicted molar refractivity (Wildman–Crippen MR) is 50.9 cm³/mol. The van der Waals surface area contributed by atoms with E-state index in [9.17, 15) is 10.1 Å². The molecule has 0 saturated carbocycles. The molecule has 0 aromatic heterocycles. The highest BCUT2D eigenvalue weighted by Crippen LogP contribution is 2.26. The van der Waals surface area contributed by atoms with Crippen LogP contribution in [0.5, 0.6) is 5.75 Å². The molecule has 0 heterocycles. The van der Waals surface area contributed by atoms with Crippen molar-refractivity contribution in [1.29, 1.82) is 0 Å². The highest BCUT2D eigenvalue weighted by Gasteiger charge is 2.12. The van der Waals surface area contributed by atoms with Gasteiger partial charge in [-0.1, -0.05) is 18.2 Å². The number of hydrogen-bond donors (Lipinski definition) is 2. The molecule has 1 aromatic rings. The zero-order chi connectivity index (χ0) is 10.6. The molecule has 74 valence electrons. The molecule has 0 atom stereocenters. The summed E-state index contributed by atoms with van der Waals surface area (Å²) < 4.78 is 0. The van der Waals surface area contributed by atoms with Gasteiger partial charge in [0.1, 0.15) is 0 Å². The van der Waals surface area contributed by atoms with E-state index in [2.05, 4.69) is 0 Å². The summed E-state index contributed by atoms with van der Waals surface area (Å²) in [6.07, 6.45) is 2.99. The summed E-state index contributed by atoms with van der Waals surface area (Å²) in [6.45, 7) is -0.130. The monoisotopic (exact) mass is 195 g/mol. The normalized spacial score (nSPS) is 10.6. The highest BCUT2D eigenvalue weighted by molar-refractivity contribution is 5.58. The van der Waals surface area contributed by atoms with E-state index in [4.69, 9.17) is 10.2 Å². The number of aliphatic hydroxyl groups excluding tert-OH is 1. The molecule has 0 radical (unpaired) electrons. The molecular weight excluding hydrogens is 186 g/mol. The maximum atomic E-state index is 10.4. The van der Waals surface area contributed by atoms with Gasteiger partial charge in [0.05, 0.1) is 11.5 Å². The van der Waals surface area contributed by atoms with Crippen molar-refractivity contribution >= 4 is 11.8 Å². The van der Waals surface area contributed by atoms with Crippen LogP contribution in [0.3, 0.4) is 0 Å². The number of nitrogens with zero attached hydrogens (tertiary/aromatic N) is 1. The molecular formula is C9H9NO4. The number of phenolic OH excluding ortho intramolecular Hbond substituents is 1. The number of phenols is 1. The Bertz CT molecular complexity index is 373. The van der Waals surface area contributed by atoms with E-state index in [1.54, 1.807) is 0 Å². The van der Waals surface area contributed by atoms with Crippen LogP contribution in [-0.4, -0.2) is 21.7 Å². The van der Waals surface area contributed by atoms with Crippen LogP contribution in [0.1, 0.15) is 5.56 Å². The average Bonchev–Trinajstić information content (AvgIpc) is 2.16. The lowest BCUT2D eigenvalue weighted by atomic mass is 10.2. The van der Waals surface area contributed by atoms with Gasteiger partial charge in [-0.15, -0.1) is 0 Å². The van der Waals surface area contributed by atoms with Crippen LogP contribution in [0.4, 0.5) is 5.69 Å². The third-order valence-electron chi connectivity index (χ3n) is 1.61. The topological polar surface area (TPSA) is 83.6 Å². The quantitative estimate of drug-likeness (QED) is 0.562. The SMILES string of the molecule is O=[N+]([O-])c1cc(/C=C/CO)ccc1O. The molecule has 0 amide bonds. The standard InChI is InChI=1S/C9H9NO4/c11-5-1-2-7-3-4-9(12)8(6-7)10(13)14/h1-4,6,11-12H,5H2/b2-1+. The fraction of sp³-hybridized carbons (Fsp3) is 0.111. The summed E-state index contributed by atoms with van der Waals surface area (Å²) >= 11 is 0. The number of benzene rings is 1. The second-order valence-electron chi connectivity index (χ2n) is 2.59. The molecule has 14 heavy (non-hydrogen) atoms. The maximum absolute atomic E-state index is 10.4. The van der Waals surface area contributed by atoms with Crippen LogP contribution in [0.15, 0.2) is 24.3 Å². The fourth-order valence-corrected chi connectivity index (χ4v) is 0.979. The first-order chi connectivity index (χ1) is 6.65. The lowest BCUT2D eigenvalue weighted by Crippen LogP contribution is -1.89. The summed E-state index contributed by atoms with van der Waals surface area (Å²) in [4.78, 5) is 9.76.